The molecule has 6 nitrogen and oxygen atoms in total. The first-order chi connectivity index (χ1) is 9.83. The second kappa shape index (κ2) is 6.17. The van der Waals surface area contributed by atoms with Gasteiger partial charge in [-0.05, 0) is 31.5 Å². The van der Waals surface area contributed by atoms with Crippen LogP contribution in [0.15, 0.2) is 18.3 Å². The molecule has 108 valence electrons. The quantitative estimate of drug-likeness (QED) is 0.858. The predicted octanol–water partition coefficient (Wildman–Crippen LogP) is 0.267. The summed E-state index contributed by atoms with van der Waals surface area (Å²) in [5, 5.41) is 11.4. The van der Waals surface area contributed by atoms with Crippen LogP contribution in [0.4, 0.5) is 5.82 Å². The Bertz CT molecular complexity index is 438. The second-order valence-corrected chi connectivity index (χ2v) is 5.45. The smallest absolute Gasteiger partial charge is 0.224 e. The second-order valence-electron chi connectivity index (χ2n) is 5.45. The van der Waals surface area contributed by atoms with Crippen molar-refractivity contribution in [3.8, 4) is 0 Å². The lowest BCUT2D eigenvalue weighted by Gasteiger charge is -2.35. The van der Waals surface area contributed by atoms with Crippen LogP contribution in [0.2, 0.25) is 0 Å². The van der Waals surface area contributed by atoms with E-state index in [-0.39, 0.29) is 5.91 Å². The normalized spacial score (nSPS) is 23.1. The molecular formula is C14H21N5O. The number of piperazine rings is 1. The third-order valence-electron chi connectivity index (χ3n) is 4.10. The highest BCUT2D eigenvalue weighted by atomic mass is 16.2. The summed E-state index contributed by atoms with van der Waals surface area (Å²) in [5.74, 6) is 1.18. The number of rotatable bonds is 3. The molecule has 1 N–H and O–H groups in total. The fourth-order valence-corrected chi connectivity index (χ4v) is 2.92. The van der Waals surface area contributed by atoms with Gasteiger partial charge in [-0.25, -0.2) is 0 Å². The molecule has 1 aromatic rings. The highest BCUT2D eigenvalue weighted by Crippen LogP contribution is 2.14. The lowest BCUT2D eigenvalue weighted by Crippen LogP contribution is -2.50. The molecule has 2 aliphatic heterocycles. The minimum atomic E-state index is 0.281. The molecule has 0 aromatic carbocycles. The lowest BCUT2D eigenvalue weighted by atomic mass is 10.1. The molecular weight excluding hydrogens is 254 g/mol. The first-order valence-electron chi connectivity index (χ1n) is 7.37. The van der Waals surface area contributed by atoms with Gasteiger partial charge in [0.2, 0.25) is 5.91 Å². The molecule has 1 amide bonds. The molecule has 0 bridgehead atoms. The van der Waals surface area contributed by atoms with Crippen molar-refractivity contribution < 1.29 is 4.79 Å². The fraction of sp³-hybridized carbons (Fsp3) is 0.643. The van der Waals surface area contributed by atoms with Crippen molar-refractivity contribution in [2.75, 3.05) is 37.6 Å². The third kappa shape index (κ3) is 3.07. The Morgan fingerprint density at radius 3 is 2.85 bits per heavy atom. The van der Waals surface area contributed by atoms with Crippen molar-refractivity contribution in [1.29, 1.82) is 0 Å². The Kier molecular flexibility index (Phi) is 4.11. The van der Waals surface area contributed by atoms with Gasteiger partial charge in [-0.2, -0.15) is 5.10 Å². The Balaban J connectivity index is 1.49. The van der Waals surface area contributed by atoms with Crippen molar-refractivity contribution in [1.82, 2.24) is 20.4 Å². The van der Waals surface area contributed by atoms with Gasteiger partial charge >= 0.3 is 0 Å². The number of anilines is 1. The minimum Gasteiger partial charge on any atom is -0.352 e. The first kappa shape index (κ1) is 13.3. The number of aromatic nitrogens is 2. The maximum Gasteiger partial charge on any atom is 0.224 e. The third-order valence-corrected chi connectivity index (χ3v) is 4.10. The van der Waals surface area contributed by atoms with E-state index in [4.69, 9.17) is 0 Å². The molecule has 1 aromatic heterocycles. The molecule has 2 fully saturated rings. The van der Waals surface area contributed by atoms with Gasteiger partial charge in [0.1, 0.15) is 0 Å². The van der Waals surface area contributed by atoms with Gasteiger partial charge < -0.3 is 15.1 Å². The molecule has 6 heteroatoms. The van der Waals surface area contributed by atoms with Crippen LogP contribution in [0.1, 0.15) is 19.3 Å². The van der Waals surface area contributed by atoms with E-state index in [1.54, 1.807) is 6.20 Å². The number of carbonyl (C=O) groups excluding carboxylic acids is 1. The van der Waals surface area contributed by atoms with Gasteiger partial charge in [0.25, 0.3) is 0 Å². The van der Waals surface area contributed by atoms with Crippen molar-refractivity contribution >= 4 is 11.7 Å². The van der Waals surface area contributed by atoms with Crippen LogP contribution in [-0.2, 0) is 4.79 Å². The van der Waals surface area contributed by atoms with Gasteiger partial charge in [-0.1, -0.05) is 0 Å². The average Bonchev–Trinajstić information content (AvgIpc) is 3.01. The van der Waals surface area contributed by atoms with Crippen LogP contribution in [0.5, 0.6) is 0 Å². The molecule has 0 spiro atoms. The molecule has 0 saturated carbocycles. The van der Waals surface area contributed by atoms with E-state index in [1.807, 2.05) is 17.0 Å². The van der Waals surface area contributed by atoms with Gasteiger partial charge in [0, 0.05) is 44.8 Å². The lowest BCUT2D eigenvalue weighted by molar-refractivity contribution is -0.131. The largest absolute Gasteiger partial charge is 0.352 e. The number of nitrogens with one attached hydrogen (secondary N) is 1. The van der Waals surface area contributed by atoms with E-state index in [0.29, 0.717) is 12.5 Å². The molecule has 2 aliphatic rings. The monoisotopic (exact) mass is 275 g/mol. The van der Waals surface area contributed by atoms with E-state index < -0.39 is 0 Å². The minimum absolute atomic E-state index is 0.281. The molecule has 0 aliphatic carbocycles. The number of nitrogens with zero attached hydrogens (tertiary/aromatic N) is 4. The maximum atomic E-state index is 12.2. The van der Waals surface area contributed by atoms with Crippen LogP contribution in [0.3, 0.4) is 0 Å². The predicted molar refractivity (Wildman–Crippen MR) is 76.5 cm³/mol. The van der Waals surface area contributed by atoms with Crippen LogP contribution in [0.25, 0.3) is 0 Å². The Labute approximate surface area is 119 Å². The average molecular weight is 275 g/mol. The van der Waals surface area contributed by atoms with Crippen LogP contribution in [0, 0.1) is 0 Å². The maximum absolute atomic E-state index is 12.2. The number of carbonyl (C=O) groups is 1. The molecule has 1 unspecified atom stereocenters. The van der Waals surface area contributed by atoms with E-state index in [0.717, 1.165) is 45.0 Å². The number of hydrogen-bond donors (Lipinski definition) is 1. The molecule has 1 atom stereocenters. The molecule has 0 radical (unpaired) electrons. The topological polar surface area (TPSA) is 61.4 Å². The zero-order valence-corrected chi connectivity index (χ0v) is 11.7. The van der Waals surface area contributed by atoms with Crippen molar-refractivity contribution in [3.63, 3.8) is 0 Å². The summed E-state index contributed by atoms with van der Waals surface area (Å²) < 4.78 is 0. The van der Waals surface area contributed by atoms with Crippen LogP contribution < -0.4 is 10.2 Å². The Morgan fingerprint density at radius 2 is 2.20 bits per heavy atom. The standard InChI is InChI=1S/C14H21N5O/c20-14(11-12-3-1-5-15-12)19-9-7-18(8-10-19)13-4-2-6-16-17-13/h2,4,6,12,15H,1,3,5,7-11H2. The highest BCUT2D eigenvalue weighted by molar-refractivity contribution is 5.77. The van der Waals surface area contributed by atoms with Gasteiger partial charge in [0.15, 0.2) is 5.82 Å². The SMILES string of the molecule is O=C(CC1CCCN1)N1CCN(c2cccnn2)CC1. The van der Waals surface area contributed by atoms with Crippen LogP contribution >= 0.6 is 0 Å². The van der Waals surface area contributed by atoms with E-state index in [2.05, 4.69) is 20.4 Å². The Morgan fingerprint density at radius 1 is 1.35 bits per heavy atom. The van der Waals surface area contributed by atoms with Crippen molar-refractivity contribution in [2.24, 2.45) is 0 Å². The molecule has 3 rings (SSSR count). The molecule has 3 heterocycles. The summed E-state index contributed by atoms with van der Waals surface area (Å²) in [7, 11) is 0. The summed E-state index contributed by atoms with van der Waals surface area (Å²) >= 11 is 0. The Hall–Kier alpha value is -1.69. The zero-order valence-electron chi connectivity index (χ0n) is 11.7. The summed E-state index contributed by atoms with van der Waals surface area (Å²) in [6.45, 7) is 4.29. The summed E-state index contributed by atoms with van der Waals surface area (Å²) in [6, 6.07) is 4.25. The summed E-state index contributed by atoms with van der Waals surface area (Å²) in [5.41, 5.74) is 0. The van der Waals surface area contributed by atoms with Crippen LogP contribution in [-0.4, -0.2) is 59.8 Å². The van der Waals surface area contributed by atoms with Crippen molar-refractivity contribution in [2.45, 2.75) is 25.3 Å². The van der Waals surface area contributed by atoms with E-state index >= 15 is 0 Å². The van der Waals surface area contributed by atoms with E-state index in [9.17, 15) is 4.79 Å². The number of amides is 1. The fourth-order valence-electron chi connectivity index (χ4n) is 2.92. The van der Waals surface area contributed by atoms with Gasteiger partial charge in [0.05, 0.1) is 0 Å². The first-order valence-corrected chi connectivity index (χ1v) is 7.37. The van der Waals surface area contributed by atoms with Gasteiger partial charge in [-0.3, -0.25) is 4.79 Å². The molecule has 20 heavy (non-hydrogen) atoms. The number of hydrogen-bond acceptors (Lipinski definition) is 5. The summed E-state index contributed by atoms with van der Waals surface area (Å²) in [6.07, 6.45) is 4.65. The van der Waals surface area contributed by atoms with Gasteiger partial charge in [-0.15, -0.1) is 5.10 Å². The van der Waals surface area contributed by atoms with Crippen molar-refractivity contribution in [3.05, 3.63) is 18.3 Å². The molecule has 2 saturated heterocycles. The zero-order chi connectivity index (χ0) is 13.8. The van der Waals surface area contributed by atoms with E-state index in [1.165, 1.54) is 6.42 Å². The highest BCUT2D eigenvalue weighted by Gasteiger charge is 2.25. The summed E-state index contributed by atoms with van der Waals surface area (Å²) in [4.78, 5) is 16.4.